The summed E-state index contributed by atoms with van der Waals surface area (Å²) in [6.45, 7) is 9.38. The van der Waals surface area contributed by atoms with Crippen molar-refractivity contribution in [2.45, 2.75) is 46.1 Å². The van der Waals surface area contributed by atoms with Gasteiger partial charge in [-0.2, -0.15) is 0 Å². The van der Waals surface area contributed by atoms with Crippen LogP contribution in [0.15, 0.2) is 29.4 Å². The zero-order valence-electron chi connectivity index (χ0n) is 15.5. The highest BCUT2D eigenvalue weighted by atomic mass is 16.5. The van der Waals surface area contributed by atoms with Gasteiger partial charge in [0.25, 0.3) is 0 Å². The third kappa shape index (κ3) is 5.78. The second-order valence-corrected chi connectivity index (χ2v) is 7.51. The second-order valence-electron chi connectivity index (χ2n) is 7.51. The molecule has 1 aliphatic heterocycles. The maximum Gasteiger partial charge on any atom is 0.191 e. The SMILES string of the molecule is CN=C(NCCc1ccccn1)NCC1CCCOC1C(C)(C)C. The lowest BCUT2D eigenvalue weighted by Crippen LogP contribution is -2.47. The summed E-state index contributed by atoms with van der Waals surface area (Å²) in [6, 6.07) is 6.01. The van der Waals surface area contributed by atoms with E-state index in [-0.39, 0.29) is 5.41 Å². The number of pyridine rings is 1. The molecule has 0 aliphatic carbocycles. The smallest absolute Gasteiger partial charge is 0.191 e. The van der Waals surface area contributed by atoms with Gasteiger partial charge >= 0.3 is 0 Å². The lowest BCUT2D eigenvalue weighted by atomic mass is 9.78. The predicted octanol–water partition coefficient (Wildman–Crippen LogP) is 2.63. The van der Waals surface area contributed by atoms with Crippen LogP contribution in [0.1, 0.15) is 39.3 Å². The molecule has 1 fully saturated rings. The van der Waals surface area contributed by atoms with Crippen molar-refractivity contribution in [3.8, 4) is 0 Å². The van der Waals surface area contributed by atoms with Gasteiger partial charge in [0.2, 0.25) is 0 Å². The van der Waals surface area contributed by atoms with Crippen molar-refractivity contribution in [3.05, 3.63) is 30.1 Å². The molecule has 5 heteroatoms. The number of hydrogen-bond acceptors (Lipinski definition) is 3. The van der Waals surface area contributed by atoms with E-state index in [0.29, 0.717) is 12.0 Å². The number of rotatable bonds is 5. The number of nitrogens with zero attached hydrogens (tertiary/aromatic N) is 2. The van der Waals surface area contributed by atoms with Crippen molar-refractivity contribution < 1.29 is 4.74 Å². The largest absolute Gasteiger partial charge is 0.377 e. The number of nitrogens with one attached hydrogen (secondary N) is 2. The van der Waals surface area contributed by atoms with Gasteiger partial charge in [-0.15, -0.1) is 0 Å². The number of aliphatic imine (C=N–C) groups is 1. The molecule has 2 rings (SSSR count). The number of guanidine groups is 1. The Kier molecular flexibility index (Phi) is 7.03. The van der Waals surface area contributed by atoms with E-state index in [1.807, 2.05) is 31.4 Å². The molecule has 134 valence electrons. The molecule has 0 spiro atoms. The molecule has 2 atom stereocenters. The summed E-state index contributed by atoms with van der Waals surface area (Å²) in [6.07, 6.45) is 5.37. The molecule has 1 aliphatic rings. The summed E-state index contributed by atoms with van der Waals surface area (Å²) >= 11 is 0. The van der Waals surface area contributed by atoms with E-state index in [4.69, 9.17) is 4.74 Å². The molecule has 0 amide bonds. The fraction of sp³-hybridized carbons (Fsp3) is 0.684. The summed E-state index contributed by atoms with van der Waals surface area (Å²) in [7, 11) is 1.81. The molecule has 1 saturated heterocycles. The zero-order valence-corrected chi connectivity index (χ0v) is 15.5. The van der Waals surface area contributed by atoms with Gasteiger partial charge in [0.15, 0.2) is 5.96 Å². The van der Waals surface area contributed by atoms with Gasteiger partial charge in [0.05, 0.1) is 6.10 Å². The van der Waals surface area contributed by atoms with Crippen LogP contribution in [0.3, 0.4) is 0 Å². The van der Waals surface area contributed by atoms with Crippen molar-refractivity contribution >= 4 is 5.96 Å². The number of aromatic nitrogens is 1. The molecular formula is C19H32N4O. The van der Waals surface area contributed by atoms with Crippen LogP contribution in [-0.2, 0) is 11.2 Å². The predicted molar refractivity (Wildman–Crippen MR) is 99.2 cm³/mol. The summed E-state index contributed by atoms with van der Waals surface area (Å²) in [5, 5.41) is 6.84. The maximum atomic E-state index is 6.05. The van der Waals surface area contributed by atoms with Gasteiger partial charge < -0.3 is 15.4 Å². The Balaban J connectivity index is 1.78. The van der Waals surface area contributed by atoms with Crippen LogP contribution in [0.5, 0.6) is 0 Å². The highest BCUT2D eigenvalue weighted by molar-refractivity contribution is 5.79. The van der Waals surface area contributed by atoms with Crippen LogP contribution in [0.25, 0.3) is 0 Å². The second kappa shape index (κ2) is 9.02. The highest BCUT2D eigenvalue weighted by Gasteiger charge is 2.35. The number of ether oxygens (including phenoxy) is 1. The Morgan fingerprint density at radius 3 is 2.83 bits per heavy atom. The minimum atomic E-state index is 0.169. The fourth-order valence-corrected chi connectivity index (χ4v) is 3.31. The van der Waals surface area contributed by atoms with E-state index in [2.05, 4.69) is 41.4 Å². The van der Waals surface area contributed by atoms with Crippen molar-refractivity contribution in [1.29, 1.82) is 0 Å². The molecule has 2 heterocycles. The Morgan fingerprint density at radius 1 is 1.33 bits per heavy atom. The monoisotopic (exact) mass is 332 g/mol. The van der Waals surface area contributed by atoms with Crippen LogP contribution in [-0.4, -0.2) is 43.8 Å². The van der Waals surface area contributed by atoms with E-state index in [1.165, 1.54) is 6.42 Å². The Hall–Kier alpha value is -1.62. The molecule has 0 aromatic carbocycles. The quantitative estimate of drug-likeness (QED) is 0.643. The first kappa shape index (κ1) is 18.7. The summed E-state index contributed by atoms with van der Waals surface area (Å²) in [5.74, 6) is 1.37. The van der Waals surface area contributed by atoms with Crippen LogP contribution in [0.4, 0.5) is 0 Å². The van der Waals surface area contributed by atoms with Crippen LogP contribution in [0.2, 0.25) is 0 Å². The van der Waals surface area contributed by atoms with E-state index < -0.39 is 0 Å². The lowest BCUT2D eigenvalue weighted by Gasteiger charge is -2.40. The lowest BCUT2D eigenvalue weighted by molar-refractivity contribution is -0.0835. The van der Waals surface area contributed by atoms with Crippen LogP contribution >= 0.6 is 0 Å². The van der Waals surface area contributed by atoms with Gasteiger partial charge in [0, 0.05) is 51.0 Å². The Morgan fingerprint density at radius 2 is 2.17 bits per heavy atom. The minimum Gasteiger partial charge on any atom is -0.377 e. The van der Waals surface area contributed by atoms with E-state index in [9.17, 15) is 0 Å². The van der Waals surface area contributed by atoms with Crippen molar-refractivity contribution in [3.63, 3.8) is 0 Å². The average molecular weight is 332 g/mol. The van der Waals surface area contributed by atoms with Gasteiger partial charge in [-0.3, -0.25) is 9.98 Å². The fourth-order valence-electron chi connectivity index (χ4n) is 3.31. The summed E-state index contributed by atoms with van der Waals surface area (Å²) in [5.41, 5.74) is 1.26. The molecule has 1 aromatic heterocycles. The van der Waals surface area contributed by atoms with Crippen LogP contribution < -0.4 is 10.6 Å². The number of hydrogen-bond donors (Lipinski definition) is 2. The van der Waals surface area contributed by atoms with E-state index in [0.717, 1.165) is 44.2 Å². The van der Waals surface area contributed by atoms with Gasteiger partial charge in [-0.05, 0) is 30.4 Å². The summed E-state index contributed by atoms with van der Waals surface area (Å²) in [4.78, 5) is 8.67. The molecule has 0 saturated carbocycles. The van der Waals surface area contributed by atoms with Crippen molar-refractivity contribution in [1.82, 2.24) is 15.6 Å². The molecule has 2 N–H and O–H groups in total. The van der Waals surface area contributed by atoms with Gasteiger partial charge in [0.1, 0.15) is 0 Å². The zero-order chi connectivity index (χ0) is 17.4. The molecule has 1 aromatic rings. The first-order chi connectivity index (χ1) is 11.5. The van der Waals surface area contributed by atoms with E-state index >= 15 is 0 Å². The van der Waals surface area contributed by atoms with Gasteiger partial charge in [-0.1, -0.05) is 26.8 Å². The molecule has 0 bridgehead atoms. The molecular weight excluding hydrogens is 300 g/mol. The molecule has 0 radical (unpaired) electrons. The first-order valence-electron chi connectivity index (χ1n) is 8.96. The third-order valence-corrected chi connectivity index (χ3v) is 4.45. The summed E-state index contributed by atoms with van der Waals surface area (Å²) < 4.78 is 6.05. The molecule has 2 unspecified atom stereocenters. The topological polar surface area (TPSA) is 58.5 Å². The first-order valence-corrected chi connectivity index (χ1v) is 8.96. The normalized spacial score (nSPS) is 22.2. The van der Waals surface area contributed by atoms with Crippen molar-refractivity contribution in [2.75, 3.05) is 26.7 Å². The Labute approximate surface area is 146 Å². The highest BCUT2D eigenvalue weighted by Crippen LogP contribution is 2.33. The van der Waals surface area contributed by atoms with Gasteiger partial charge in [-0.25, -0.2) is 0 Å². The maximum absolute atomic E-state index is 6.05. The van der Waals surface area contributed by atoms with Crippen LogP contribution in [0, 0.1) is 11.3 Å². The standard InChI is InChI=1S/C19H32N4O/c1-19(2,3)17-15(8-7-13-24-17)14-23-18(20-4)22-12-10-16-9-5-6-11-21-16/h5-6,9,11,15,17H,7-8,10,12-14H2,1-4H3,(H2,20,22,23). The average Bonchev–Trinajstić information content (AvgIpc) is 2.58. The minimum absolute atomic E-state index is 0.169. The Bertz CT molecular complexity index is 510. The van der Waals surface area contributed by atoms with Crippen molar-refractivity contribution in [2.24, 2.45) is 16.3 Å². The van der Waals surface area contributed by atoms with E-state index in [1.54, 1.807) is 0 Å². The third-order valence-electron chi connectivity index (χ3n) is 4.45. The molecule has 5 nitrogen and oxygen atoms in total. The molecule has 24 heavy (non-hydrogen) atoms.